The van der Waals surface area contributed by atoms with Crippen LogP contribution in [-0.4, -0.2) is 12.5 Å². The zero-order chi connectivity index (χ0) is 14.4. The molecule has 0 bridgehead atoms. The molecule has 20 heavy (non-hydrogen) atoms. The van der Waals surface area contributed by atoms with Gasteiger partial charge in [-0.1, -0.05) is 24.3 Å². The summed E-state index contributed by atoms with van der Waals surface area (Å²) in [5.41, 5.74) is 2.08. The first-order valence-corrected chi connectivity index (χ1v) is 7.41. The van der Waals surface area contributed by atoms with Gasteiger partial charge in [-0.15, -0.1) is 0 Å². The van der Waals surface area contributed by atoms with E-state index in [1.54, 1.807) is 0 Å². The van der Waals surface area contributed by atoms with E-state index in [0.29, 0.717) is 6.04 Å². The molecule has 0 saturated carbocycles. The van der Waals surface area contributed by atoms with Crippen molar-refractivity contribution in [1.82, 2.24) is 5.32 Å². The minimum absolute atomic E-state index is 0.0308. The number of hydrogen-bond donors (Lipinski definition) is 2. The Labute approximate surface area is 121 Å². The highest BCUT2D eigenvalue weighted by Gasteiger charge is 2.12. The van der Waals surface area contributed by atoms with Gasteiger partial charge in [0.15, 0.2) is 0 Å². The molecule has 1 aliphatic carbocycles. The summed E-state index contributed by atoms with van der Waals surface area (Å²) in [7, 11) is 0. The van der Waals surface area contributed by atoms with E-state index < -0.39 is 0 Å². The summed E-state index contributed by atoms with van der Waals surface area (Å²) in [5, 5.41) is 6.43. The van der Waals surface area contributed by atoms with Crippen molar-refractivity contribution in [3.8, 4) is 0 Å². The van der Waals surface area contributed by atoms with Crippen LogP contribution in [0.3, 0.4) is 0 Å². The highest BCUT2D eigenvalue weighted by atomic mass is 16.1. The molecule has 2 atom stereocenters. The molecule has 1 aliphatic rings. The van der Waals surface area contributed by atoms with Crippen molar-refractivity contribution in [3.05, 3.63) is 42.0 Å². The van der Waals surface area contributed by atoms with E-state index >= 15 is 0 Å². The molecule has 3 heteroatoms. The van der Waals surface area contributed by atoms with Crippen LogP contribution in [0.15, 0.2) is 36.4 Å². The van der Waals surface area contributed by atoms with Crippen molar-refractivity contribution in [2.75, 3.05) is 11.9 Å². The van der Waals surface area contributed by atoms with Gasteiger partial charge < -0.3 is 10.6 Å². The van der Waals surface area contributed by atoms with E-state index in [1.807, 2.05) is 18.2 Å². The van der Waals surface area contributed by atoms with Gasteiger partial charge in [-0.05, 0) is 56.3 Å². The summed E-state index contributed by atoms with van der Waals surface area (Å²) in [6.45, 7) is 4.76. The first kappa shape index (κ1) is 14.8. The molecule has 108 valence electrons. The van der Waals surface area contributed by atoms with Crippen LogP contribution in [0.1, 0.15) is 44.7 Å². The van der Waals surface area contributed by atoms with Gasteiger partial charge >= 0.3 is 0 Å². The largest absolute Gasteiger partial charge is 0.326 e. The molecule has 0 spiro atoms. The molecule has 1 aromatic rings. The van der Waals surface area contributed by atoms with E-state index in [1.165, 1.54) is 31.7 Å². The highest BCUT2D eigenvalue weighted by molar-refractivity contribution is 5.88. The minimum atomic E-state index is -0.0308. The number of nitrogens with one attached hydrogen (secondary N) is 2. The summed E-state index contributed by atoms with van der Waals surface area (Å²) in [6, 6.07) is 8.35. The fourth-order valence-corrected chi connectivity index (χ4v) is 2.59. The number of benzene rings is 1. The number of anilines is 1. The Balaban J connectivity index is 1.89. The maximum atomic E-state index is 11.1. The van der Waals surface area contributed by atoms with Crippen molar-refractivity contribution < 1.29 is 4.79 Å². The number of carbonyl (C=O) groups excluding carboxylic acids is 1. The van der Waals surface area contributed by atoms with Crippen LogP contribution >= 0.6 is 0 Å². The Morgan fingerprint density at radius 1 is 1.40 bits per heavy atom. The Bertz CT molecular complexity index is 482. The van der Waals surface area contributed by atoms with Crippen LogP contribution in [0.2, 0.25) is 0 Å². The second-order valence-electron chi connectivity index (χ2n) is 5.59. The molecule has 0 fully saturated rings. The van der Waals surface area contributed by atoms with E-state index in [0.717, 1.165) is 18.2 Å². The average molecular weight is 272 g/mol. The van der Waals surface area contributed by atoms with E-state index in [9.17, 15) is 4.79 Å². The first-order chi connectivity index (χ1) is 9.65. The van der Waals surface area contributed by atoms with Crippen LogP contribution in [0, 0.1) is 5.92 Å². The summed E-state index contributed by atoms with van der Waals surface area (Å²) in [5.74, 6) is 0.720. The molecule has 2 rings (SSSR count). The second-order valence-corrected chi connectivity index (χ2v) is 5.59. The lowest BCUT2D eigenvalue weighted by molar-refractivity contribution is -0.114. The lowest BCUT2D eigenvalue weighted by atomic mass is 9.94. The molecule has 3 nitrogen and oxygen atoms in total. The van der Waals surface area contributed by atoms with Crippen LogP contribution in [0.4, 0.5) is 5.69 Å². The molecule has 1 amide bonds. The molecule has 0 heterocycles. The van der Waals surface area contributed by atoms with Gasteiger partial charge in [-0.25, -0.2) is 0 Å². The number of allylic oxidation sites excluding steroid dienone is 2. The Hall–Kier alpha value is -1.61. The van der Waals surface area contributed by atoms with Crippen LogP contribution in [-0.2, 0) is 4.79 Å². The van der Waals surface area contributed by atoms with Crippen molar-refractivity contribution in [2.24, 2.45) is 5.92 Å². The molecule has 0 aliphatic heterocycles. The second kappa shape index (κ2) is 7.25. The minimum Gasteiger partial charge on any atom is -0.326 e. The molecule has 1 aromatic carbocycles. The fraction of sp³-hybridized carbons (Fsp3) is 0.471. The van der Waals surface area contributed by atoms with Crippen molar-refractivity contribution in [3.63, 3.8) is 0 Å². The number of amides is 1. The highest BCUT2D eigenvalue weighted by Crippen LogP contribution is 2.20. The third-order valence-corrected chi connectivity index (χ3v) is 3.80. The van der Waals surface area contributed by atoms with Crippen LogP contribution in [0.5, 0.6) is 0 Å². The Morgan fingerprint density at radius 2 is 2.25 bits per heavy atom. The Kier molecular flexibility index (Phi) is 5.36. The smallest absolute Gasteiger partial charge is 0.221 e. The van der Waals surface area contributed by atoms with Crippen molar-refractivity contribution >= 4 is 11.6 Å². The third kappa shape index (κ3) is 4.49. The fourth-order valence-electron chi connectivity index (χ4n) is 2.59. The first-order valence-electron chi connectivity index (χ1n) is 7.41. The van der Waals surface area contributed by atoms with Crippen molar-refractivity contribution in [1.29, 1.82) is 0 Å². The molecule has 2 unspecified atom stereocenters. The molecule has 0 radical (unpaired) electrons. The zero-order valence-corrected chi connectivity index (χ0v) is 12.4. The molecule has 0 aromatic heterocycles. The summed E-state index contributed by atoms with van der Waals surface area (Å²) >= 11 is 0. The SMILES string of the molecule is CC(=O)Nc1cccc(C(C)NCC2CC=CCC2)c1. The molecule has 2 N–H and O–H groups in total. The van der Waals surface area contributed by atoms with E-state index in [-0.39, 0.29) is 5.91 Å². The van der Waals surface area contributed by atoms with Gasteiger partial charge in [-0.3, -0.25) is 4.79 Å². The molecular formula is C17H24N2O. The van der Waals surface area contributed by atoms with E-state index in [4.69, 9.17) is 0 Å². The Morgan fingerprint density at radius 3 is 2.95 bits per heavy atom. The van der Waals surface area contributed by atoms with Crippen molar-refractivity contribution in [2.45, 2.75) is 39.2 Å². The van der Waals surface area contributed by atoms with Gasteiger partial charge in [-0.2, -0.15) is 0 Å². The lowest BCUT2D eigenvalue weighted by Crippen LogP contribution is -2.26. The van der Waals surface area contributed by atoms with Gasteiger partial charge in [0, 0.05) is 18.7 Å². The summed E-state index contributed by atoms with van der Waals surface area (Å²) < 4.78 is 0. The predicted molar refractivity (Wildman–Crippen MR) is 83.6 cm³/mol. The monoisotopic (exact) mass is 272 g/mol. The maximum absolute atomic E-state index is 11.1. The quantitative estimate of drug-likeness (QED) is 0.803. The molecular weight excluding hydrogens is 248 g/mol. The van der Waals surface area contributed by atoms with Gasteiger partial charge in [0.25, 0.3) is 0 Å². The number of carbonyl (C=O) groups is 1. The normalized spacial score (nSPS) is 19.6. The maximum Gasteiger partial charge on any atom is 0.221 e. The number of rotatable bonds is 5. The van der Waals surface area contributed by atoms with Gasteiger partial charge in [0.2, 0.25) is 5.91 Å². The average Bonchev–Trinajstić information content (AvgIpc) is 2.45. The predicted octanol–water partition coefficient (Wildman–Crippen LogP) is 3.65. The molecule has 0 saturated heterocycles. The summed E-state index contributed by atoms with van der Waals surface area (Å²) in [6.07, 6.45) is 8.24. The standard InChI is InChI=1S/C17H24N2O/c1-13(18-12-15-7-4-3-5-8-15)16-9-6-10-17(11-16)19-14(2)20/h3-4,6,9-11,13,15,18H,5,7-8,12H2,1-2H3,(H,19,20). The lowest BCUT2D eigenvalue weighted by Gasteiger charge is -2.22. The van der Waals surface area contributed by atoms with Gasteiger partial charge in [0.05, 0.1) is 0 Å². The van der Waals surface area contributed by atoms with Crippen LogP contribution in [0.25, 0.3) is 0 Å². The topological polar surface area (TPSA) is 41.1 Å². The van der Waals surface area contributed by atoms with Crippen LogP contribution < -0.4 is 10.6 Å². The summed E-state index contributed by atoms with van der Waals surface area (Å²) in [4.78, 5) is 11.1. The number of hydrogen-bond acceptors (Lipinski definition) is 2. The third-order valence-electron chi connectivity index (χ3n) is 3.80. The zero-order valence-electron chi connectivity index (χ0n) is 12.4. The van der Waals surface area contributed by atoms with Gasteiger partial charge in [0.1, 0.15) is 0 Å². The van der Waals surface area contributed by atoms with E-state index in [2.05, 4.69) is 35.8 Å².